The smallest absolute Gasteiger partial charge is 0.249 e. The standard InChI is InChI=1S/C20H29NO2/c1-16(2)11-12-19(15-18-9-7-6-8-10-18)20(22)21(5)23-14-13-17(3)4/h6-11,13,19H,12,14-15H2,1-5H3. The molecule has 1 atom stereocenters. The van der Waals surface area contributed by atoms with Crippen LogP contribution in [0.5, 0.6) is 0 Å². The number of carbonyl (C=O) groups is 1. The summed E-state index contributed by atoms with van der Waals surface area (Å²) in [5, 5.41) is 1.38. The molecule has 0 saturated carbocycles. The summed E-state index contributed by atoms with van der Waals surface area (Å²) >= 11 is 0. The van der Waals surface area contributed by atoms with Crippen molar-refractivity contribution < 1.29 is 9.63 Å². The van der Waals surface area contributed by atoms with Gasteiger partial charge in [0.05, 0.1) is 6.61 Å². The maximum absolute atomic E-state index is 12.7. The minimum atomic E-state index is -0.107. The lowest BCUT2D eigenvalue weighted by Crippen LogP contribution is -2.34. The third-order valence-electron chi connectivity index (χ3n) is 3.55. The van der Waals surface area contributed by atoms with Gasteiger partial charge in [0, 0.05) is 13.0 Å². The van der Waals surface area contributed by atoms with Crippen LogP contribution in [0.2, 0.25) is 0 Å². The molecule has 0 radical (unpaired) electrons. The summed E-state index contributed by atoms with van der Waals surface area (Å²) in [6, 6.07) is 10.1. The first-order valence-corrected chi connectivity index (χ1v) is 8.11. The number of allylic oxidation sites excluding steroid dienone is 3. The van der Waals surface area contributed by atoms with Crippen molar-refractivity contribution in [3.8, 4) is 0 Å². The molecule has 1 rings (SSSR count). The first-order valence-electron chi connectivity index (χ1n) is 8.11. The van der Waals surface area contributed by atoms with Crippen molar-refractivity contribution >= 4 is 5.91 Å². The highest BCUT2D eigenvalue weighted by atomic mass is 16.7. The molecule has 0 heterocycles. The van der Waals surface area contributed by atoms with Crippen LogP contribution >= 0.6 is 0 Å². The summed E-state index contributed by atoms with van der Waals surface area (Å²) in [5.41, 5.74) is 3.57. The van der Waals surface area contributed by atoms with Gasteiger partial charge in [-0.1, -0.05) is 53.6 Å². The van der Waals surface area contributed by atoms with Crippen molar-refractivity contribution in [2.75, 3.05) is 13.7 Å². The van der Waals surface area contributed by atoms with E-state index < -0.39 is 0 Å². The molecule has 126 valence electrons. The van der Waals surface area contributed by atoms with Crippen LogP contribution < -0.4 is 0 Å². The highest BCUT2D eigenvalue weighted by molar-refractivity contribution is 5.78. The van der Waals surface area contributed by atoms with Gasteiger partial charge in [0.15, 0.2) is 0 Å². The largest absolute Gasteiger partial charge is 0.272 e. The normalized spacial score (nSPS) is 11.5. The molecule has 0 aliphatic carbocycles. The van der Waals surface area contributed by atoms with Gasteiger partial charge < -0.3 is 0 Å². The van der Waals surface area contributed by atoms with E-state index in [-0.39, 0.29) is 11.8 Å². The molecular weight excluding hydrogens is 286 g/mol. The Morgan fingerprint density at radius 2 is 1.70 bits per heavy atom. The summed E-state index contributed by atoms with van der Waals surface area (Å²) in [5.74, 6) is -0.0856. The molecule has 0 N–H and O–H groups in total. The van der Waals surface area contributed by atoms with Crippen LogP contribution in [0.25, 0.3) is 0 Å². The SMILES string of the molecule is CC(C)=CCON(C)C(=O)C(CC=C(C)C)Cc1ccccc1. The highest BCUT2D eigenvalue weighted by Gasteiger charge is 2.22. The fraction of sp³-hybridized carbons (Fsp3) is 0.450. The Bertz CT molecular complexity index is 538. The zero-order valence-corrected chi connectivity index (χ0v) is 15.0. The second-order valence-corrected chi connectivity index (χ2v) is 6.32. The maximum atomic E-state index is 12.7. The number of nitrogens with zero attached hydrogens (tertiary/aromatic N) is 1. The fourth-order valence-electron chi connectivity index (χ4n) is 2.18. The summed E-state index contributed by atoms with van der Waals surface area (Å²) in [6.07, 6.45) is 5.54. The second kappa shape index (κ2) is 10.0. The van der Waals surface area contributed by atoms with Crippen LogP contribution in [0.15, 0.2) is 53.6 Å². The van der Waals surface area contributed by atoms with E-state index in [0.717, 1.165) is 12.8 Å². The monoisotopic (exact) mass is 315 g/mol. The van der Waals surface area contributed by atoms with Crippen molar-refractivity contribution in [1.29, 1.82) is 0 Å². The predicted molar refractivity (Wildman–Crippen MR) is 95.8 cm³/mol. The molecule has 0 saturated heterocycles. The van der Waals surface area contributed by atoms with Gasteiger partial charge in [0.1, 0.15) is 0 Å². The van der Waals surface area contributed by atoms with E-state index in [1.807, 2.05) is 38.1 Å². The molecule has 0 fully saturated rings. The van der Waals surface area contributed by atoms with Crippen LogP contribution in [0.1, 0.15) is 39.7 Å². The van der Waals surface area contributed by atoms with Gasteiger partial charge in [-0.3, -0.25) is 9.63 Å². The summed E-state index contributed by atoms with van der Waals surface area (Å²) in [7, 11) is 1.70. The summed E-state index contributed by atoms with van der Waals surface area (Å²) in [4.78, 5) is 18.2. The topological polar surface area (TPSA) is 29.5 Å². The average Bonchev–Trinajstić information content (AvgIpc) is 2.51. The summed E-state index contributed by atoms with van der Waals surface area (Å²) in [6.45, 7) is 8.56. The lowest BCUT2D eigenvalue weighted by molar-refractivity contribution is -0.178. The third-order valence-corrected chi connectivity index (χ3v) is 3.55. The molecule has 0 aliphatic heterocycles. The Morgan fingerprint density at radius 3 is 2.26 bits per heavy atom. The Labute approximate surface area is 140 Å². The molecule has 1 aromatic rings. The van der Waals surface area contributed by atoms with Gasteiger partial charge in [-0.2, -0.15) is 0 Å². The number of hydrogen-bond acceptors (Lipinski definition) is 2. The van der Waals surface area contributed by atoms with Crippen LogP contribution in [0, 0.1) is 5.92 Å². The first-order chi connectivity index (χ1) is 10.9. The van der Waals surface area contributed by atoms with Crippen LogP contribution in [0.3, 0.4) is 0 Å². The van der Waals surface area contributed by atoms with Gasteiger partial charge in [-0.25, -0.2) is 5.06 Å². The number of hydroxylamine groups is 2. The van der Waals surface area contributed by atoms with Gasteiger partial charge in [-0.15, -0.1) is 0 Å². The Kier molecular flexibility index (Phi) is 8.35. The Hall–Kier alpha value is -1.87. The molecular formula is C20H29NO2. The molecule has 3 nitrogen and oxygen atoms in total. The van der Waals surface area contributed by atoms with Gasteiger partial charge >= 0.3 is 0 Å². The van der Waals surface area contributed by atoms with Crippen molar-refractivity contribution in [3.05, 3.63) is 59.2 Å². The number of benzene rings is 1. The Balaban J connectivity index is 2.75. The molecule has 0 spiro atoms. The van der Waals surface area contributed by atoms with Gasteiger partial charge in [0.25, 0.3) is 0 Å². The predicted octanol–water partition coefficient (Wildman–Crippen LogP) is 4.56. The van der Waals surface area contributed by atoms with Crippen molar-refractivity contribution in [1.82, 2.24) is 5.06 Å². The molecule has 0 aromatic heterocycles. The lowest BCUT2D eigenvalue weighted by atomic mass is 9.94. The van der Waals surface area contributed by atoms with Crippen molar-refractivity contribution in [3.63, 3.8) is 0 Å². The molecule has 0 bridgehead atoms. The number of rotatable bonds is 8. The van der Waals surface area contributed by atoms with Crippen LogP contribution in [0.4, 0.5) is 0 Å². The molecule has 3 heteroatoms. The minimum Gasteiger partial charge on any atom is -0.272 e. The van der Waals surface area contributed by atoms with Crippen LogP contribution in [-0.2, 0) is 16.1 Å². The van der Waals surface area contributed by atoms with Gasteiger partial charge in [-0.05, 0) is 46.1 Å². The highest BCUT2D eigenvalue weighted by Crippen LogP contribution is 2.17. The molecule has 0 aliphatic rings. The van der Waals surface area contributed by atoms with E-state index in [1.54, 1.807) is 7.05 Å². The maximum Gasteiger partial charge on any atom is 0.249 e. The lowest BCUT2D eigenvalue weighted by Gasteiger charge is -2.22. The van der Waals surface area contributed by atoms with E-state index in [4.69, 9.17) is 4.84 Å². The van der Waals surface area contributed by atoms with Crippen molar-refractivity contribution in [2.24, 2.45) is 5.92 Å². The van der Waals surface area contributed by atoms with Gasteiger partial charge in [0.2, 0.25) is 5.91 Å². The Morgan fingerprint density at radius 1 is 1.09 bits per heavy atom. The van der Waals surface area contributed by atoms with E-state index >= 15 is 0 Å². The number of amides is 1. The van der Waals surface area contributed by atoms with Crippen molar-refractivity contribution in [2.45, 2.75) is 40.5 Å². The van der Waals surface area contributed by atoms with E-state index in [9.17, 15) is 4.79 Å². The number of carbonyl (C=O) groups excluding carboxylic acids is 1. The zero-order chi connectivity index (χ0) is 17.2. The molecule has 1 aromatic carbocycles. The van der Waals surface area contributed by atoms with E-state index in [2.05, 4.69) is 32.1 Å². The zero-order valence-electron chi connectivity index (χ0n) is 15.0. The quantitative estimate of drug-likeness (QED) is 0.520. The molecule has 1 amide bonds. The second-order valence-electron chi connectivity index (χ2n) is 6.32. The summed E-state index contributed by atoms with van der Waals surface area (Å²) < 4.78 is 0. The number of hydrogen-bond donors (Lipinski definition) is 0. The van der Waals surface area contributed by atoms with Crippen LogP contribution in [-0.4, -0.2) is 24.6 Å². The fourth-order valence-corrected chi connectivity index (χ4v) is 2.18. The average molecular weight is 315 g/mol. The molecule has 1 unspecified atom stereocenters. The van der Waals surface area contributed by atoms with E-state index in [0.29, 0.717) is 6.61 Å². The first kappa shape index (κ1) is 19.2. The minimum absolute atomic E-state index is 0.0218. The van der Waals surface area contributed by atoms with E-state index in [1.165, 1.54) is 21.8 Å². The third kappa shape index (κ3) is 7.80. The molecule has 23 heavy (non-hydrogen) atoms.